The number of amides is 2. The van der Waals surface area contributed by atoms with Crippen molar-refractivity contribution in [2.24, 2.45) is 0 Å². The van der Waals surface area contributed by atoms with Crippen LogP contribution in [0, 0.1) is 0 Å². The summed E-state index contributed by atoms with van der Waals surface area (Å²) in [7, 11) is 0. The molecule has 0 aromatic heterocycles. The van der Waals surface area contributed by atoms with Crippen LogP contribution < -0.4 is 10.6 Å². The number of hydrogen-bond acceptors (Lipinski definition) is 5. The van der Waals surface area contributed by atoms with Gasteiger partial charge in [0.1, 0.15) is 6.04 Å². The number of halogens is 1. The van der Waals surface area contributed by atoms with Crippen LogP contribution in [0.3, 0.4) is 0 Å². The third kappa shape index (κ3) is 5.40. The quantitative estimate of drug-likeness (QED) is 0.578. The van der Waals surface area contributed by atoms with Crippen LogP contribution >= 0.6 is 23.8 Å². The van der Waals surface area contributed by atoms with Gasteiger partial charge in [0, 0.05) is 23.7 Å². The smallest absolute Gasteiger partial charge is 0.308 e. The van der Waals surface area contributed by atoms with Crippen molar-refractivity contribution in [3.05, 3.63) is 34.9 Å². The second-order valence-electron chi connectivity index (χ2n) is 5.69. The number of nitrogens with zero attached hydrogens (tertiary/aromatic N) is 1. The van der Waals surface area contributed by atoms with Gasteiger partial charge in [-0.1, -0.05) is 24.6 Å². The minimum Gasteiger partial charge on any atom is -0.466 e. The predicted molar refractivity (Wildman–Crippen MR) is 101 cm³/mol. The number of rotatable bonds is 5. The van der Waals surface area contributed by atoms with Crippen molar-refractivity contribution in [1.29, 1.82) is 0 Å². The van der Waals surface area contributed by atoms with E-state index in [1.54, 1.807) is 18.2 Å². The zero-order valence-electron chi connectivity index (χ0n) is 14.3. The SMILES string of the molecule is CCCOC(=O)CC1C(=O)NCCN1C(=S)NC(=O)c1cccc(Cl)c1. The van der Waals surface area contributed by atoms with Crippen molar-refractivity contribution in [3.8, 4) is 0 Å². The molecule has 9 heteroatoms. The Morgan fingerprint density at radius 2 is 2.23 bits per heavy atom. The molecule has 1 aromatic rings. The topological polar surface area (TPSA) is 87.7 Å². The van der Waals surface area contributed by atoms with Gasteiger partial charge in [0.2, 0.25) is 5.91 Å². The van der Waals surface area contributed by atoms with Crippen LogP contribution in [0.15, 0.2) is 24.3 Å². The lowest BCUT2D eigenvalue weighted by molar-refractivity contribution is -0.147. The third-order valence-electron chi connectivity index (χ3n) is 3.73. The summed E-state index contributed by atoms with van der Waals surface area (Å²) in [6.45, 7) is 2.93. The highest BCUT2D eigenvalue weighted by atomic mass is 35.5. The Hall–Kier alpha value is -2.19. The maximum Gasteiger partial charge on any atom is 0.308 e. The van der Waals surface area contributed by atoms with Crippen LogP contribution in [0.2, 0.25) is 5.02 Å². The highest BCUT2D eigenvalue weighted by molar-refractivity contribution is 7.80. The predicted octanol–water partition coefficient (Wildman–Crippen LogP) is 1.50. The fourth-order valence-electron chi connectivity index (χ4n) is 2.46. The largest absolute Gasteiger partial charge is 0.466 e. The Morgan fingerprint density at radius 1 is 1.46 bits per heavy atom. The fourth-order valence-corrected chi connectivity index (χ4v) is 2.97. The fraction of sp³-hybridized carbons (Fsp3) is 0.412. The summed E-state index contributed by atoms with van der Waals surface area (Å²) in [5, 5.41) is 5.79. The van der Waals surface area contributed by atoms with Crippen molar-refractivity contribution in [1.82, 2.24) is 15.5 Å². The van der Waals surface area contributed by atoms with Gasteiger partial charge in [-0.15, -0.1) is 0 Å². The van der Waals surface area contributed by atoms with Gasteiger partial charge >= 0.3 is 5.97 Å². The molecule has 1 unspecified atom stereocenters. The Balaban J connectivity index is 2.05. The Bertz CT molecular complexity index is 713. The molecule has 2 rings (SSSR count). The zero-order valence-corrected chi connectivity index (χ0v) is 15.9. The van der Waals surface area contributed by atoms with Crippen LogP contribution in [0.4, 0.5) is 0 Å². The number of hydrogen-bond donors (Lipinski definition) is 2. The first-order valence-electron chi connectivity index (χ1n) is 8.23. The molecule has 1 aliphatic heterocycles. The average molecular weight is 398 g/mol. The first-order chi connectivity index (χ1) is 12.4. The van der Waals surface area contributed by atoms with Gasteiger partial charge in [-0.05, 0) is 36.8 Å². The number of esters is 1. The summed E-state index contributed by atoms with van der Waals surface area (Å²) in [6, 6.07) is 5.61. The molecule has 2 N–H and O–H groups in total. The van der Waals surface area contributed by atoms with E-state index in [0.717, 1.165) is 0 Å². The molecule has 140 valence electrons. The molecular weight excluding hydrogens is 378 g/mol. The molecular formula is C17H20ClN3O4S. The second kappa shape index (κ2) is 9.49. The van der Waals surface area contributed by atoms with Gasteiger partial charge in [0.25, 0.3) is 5.91 Å². The molecule has 0 bridgehead atoms. The Labute approximate surface area is 162 Å². The van der Waals surface area contributed by atoms with Gasteiger partial charge in [-0.2, -0.15) is 0 Å². The summed E-state index contributed by atoms with van der Waals surface area (Å²) in [5.41, 5.74) is 0.347. The number of piperazine rings is 1. The molecule has 1 atom stereocenters. The van der Waals surface area contributed by atoms with Crippen molar-refractivity contribution in [3.63, 3.8) is 0 Å². The average Bonchev–Trinajstić information content (AvgIpc) is 2.61. The monoisotopic (exact) mass is 397 g/mol. The molecule has 0 saturated carbocycles. The van der Waals surface area contributed by atoms with Crippen molar-refractivity contribution in [2.75, 3.05) is 19.7 Å². The molecule has 1 saturated heterocycles. The number of nitrogens with one attached hydrogen (secondary N) is 2. The van der Waals surface area contributed by atoms with Gasteiger partial charge in [0.05, 0.1) is 13.0 Å². The summed E-state index contributed by atoms with van der Waals surface area (Å²) < 4.78 is 5.04. The molecule has 0 radical (unpaired) electrons. The van der Waals surface area contributed by atoms with Crippen molar-refractivity contribution < 1.29 is 19.1 Å². The van der Waals surface area contributed by atoms with E-state index < -0.39 is 17.9 Å². The van der Waals surface area contributed by atoms with Gasteiger partial charge < -0.3 is 15.0 Å². The molecule has 7 nitrogen and oxygen atoms in total. The number of carbonyl (C=O) groups is 3. The lowest BCUT2D eigenvalue weighted by atomic mass is 10.1. The molecule has 1 heterocycles. The minimum atomic E-state index is -0.819. The van der Waals surface area contributed by atoms with E-state index in [2.05, 4.69) is 10.6 Å². The lowest BCUT2D eigenvalue weighted by Crippen LogP contribution is -2.60. The van der Waals surface area contributed by atoms with E-state index in [9.17, 15) is 14.4 Å². The molecule has 2 amide bonds. The first kappa shape index (κ1) is 20.1. The Kier molecular flexibility index (Phi) is 7.35. The first-order valence-corrected chi connectivity index (χ1v) is 9.02. The lowest BCUT2D eigenvalue weighted by Gasteiger charge is -2.36. The van der Waals surface area contributed by atoms with E-state index >= 15 is 0 Å². The van der Waals surface area contributed by atoms with E-state index in [1.165, 1.54) is 11.0 Å². The highest BCUT2D eigenvalue weighted by Gasteiger charge is 2.34. The Morgan fingerprint density at radius 3 is 2.92 bits per heavy atom. The standard InChI is InChI=1S/C17H20ClN3O4S/c1-2-8-25-14(22)10-13-16(24)19-6-7-21(13)17(26)20-15(23)11-4-3-5-12(18)9-11/h3-5,9,13H,2,6-8,10H2,1H3,(H,19,24)(H,20,23,26). The summed E-state index contributed by atoms with van der Waals surface area (Å²) in [6.07, 6.45) is 0.555. The van der Waals surface area contributed by atoms with Crippen molar-refractivity contribution in [2.45, 2.75) is 25.8 Å². The molecule has 1 aliphatic rings. The van der Waals surface area contributed by atoms with E-state index in [-0.39, 0.29) is 17.4 Å². The van der Waals surface area contributed by atoms with E-state index in [1.807, 2.05) is 6.92 Å². The second-order valence-corrected chi connectivity index (χ2v) is 6.52. The summed E-state index contributed by atoms with van der Waals surface area (Å²) in [5.74, 6) is -1.25. The molecule has 0 aliphatic carbocycles. The van der Waals surface area contributed by atoms with Gasteiger partial charge in [-0.25, -0.2) is 0 Å². The minimum absolute atomic E-state index is 0.0816. The van der Waals surface area contributed by atoms with Gasteiger partial charge in [-0.3, -0.25) is 19.7 Å². The molecule has 1 fully saturated rings. The number of thiocarbonyl (C=S) groups is 1. The number of ether oxygens (including phenoxy) is 1. The van der Waals surface area contributed by atoms with E-state index in [0.29, 0.717) is 36.7 Å². The molecule has 26 heavy (non-hydrogen) atoms. The van der Waals surface area contributed by atoms with Crippen LogP contribution in [0.1, 0.15) is 30.1 Å². The zero-order chi connectivity index (χ0) is 19.1. The van der Waals surface area contributed by atoms with Crippen LogP contribution in [-0.2, 0) is 14.3 Å². The number of benzene rings is 1. The van der Waals surface area contributed by atoms with Gasteiger partial charge in [0.15, 0.2) is 5.11 Å². The van der Waals surface area contributed by atoms with E-state index in [4.69, 9.17) is 28.6 Å². The normalized spacial score (nSPS) is 16.6. The van der Waals surface area contributed by atoms with Crippen LogP contribution in [0.5, 0.6) is 0 Å². The van der Waals surface area contributed by atoms with Crippen molar-refractivity contribution >= 4 is 46.7 Å². The molecule has 0 spiro atoms. The maximum atomic E-state index is 12.3. The summed E-state index contributed by atoms with van der Waals surface area (Å²) in [4.78, 5) is 37.9. The van der Waals surface area contributed by atoms with Crippen LogP contribution in [0.25, 0.3) is 0 Å². The van der Waals surface area contributed by atoms with Crippen LogP contribution in [-0.4, -0.2) is 53.5 Å². The third-order valence-corrected chi connectivity index (χ3v) is 4.30. The highest BCUT2D eigenvalue weighted by Crippen LogP contribution is 2.13. The molecule has 1 aromatic carbocycles. The number of carbonyl (C=O) groups excluding carboxylic acids is 3. The summed E-state index contributed by atoms with van der Waals surface area (Å²) >= 11 is 11.2. The maximum absolute atomic E-state index is 12.3.